The van der Waals surface area contributed by atoms with Gasteiger partial charge in [-0.25, -0.2) is 0 Å². The fourth-order valence-electron chi connectivity index (χ4n) is 2.36. The van der Waals surface area contributed by atoms with Crippen LogP contribution in [0.15, 0.2) is 36.0 Å². The van der Waals surface area contributed by atoms with Gasteiger partial charge in [0.15, 0.2) is 5.78 Å². The molecule has 2 rings (SSSR count). The van der Waals surface area contributed by atoms with Crippen LogP contribution in [0.2, 0.25) is 5.02 Å². The third-order valence-corrected chi connectivity index (χ3v) is 3.69. The fraction of sp³-hybridized carbons (Fsp3) is 0.333. The van der Waals surface area contributed by atoms with Gasteiger partial charge in [-0.2, -0.15) is 0 Å². The minimum absolute atomic E-state index is 0.107. The van der Waals surface area contributed by atoms with Crippen molar-refractivity contribution in [3.05, 3.63) is 41.1 Å². The Kier molecular flexibility index (Phi) is 4.45. The highest BCUT2D eigenvalue weighted by Crippen LogP contribution is 2.30. The summed E-state index contributed by atoms with van der Waals surface area (Å²) in [7, 11) is 1.30. The SMILES string of the molecule is COC(=O)[C@@H]1C(=O)C=C(Nc2ccccc2Cl)C[C@H]1C. The number of rotatable bonds is 3. The Morgan fingerprint density at radius 1 is 1.40 bits per heavy atom. The van der Waals surface area contributed by atoms with Crippen molar-refractivity contribution in [2.75, 3.05) is 12.4 Å². The second kappa shape index (κ2) is 6.09. The highest BCUT2D eigenvalue weighted by molar-refractivity contribution is 6.33. The number of nitrogens with one attached hydrogen (secondary N) is 1. The Bertz CT molecular complexity index is 568. The molecule has 0 saturated heterocycles. The Balaban J connectivity index is 2.18. The van der Waals surface area contributed by atoms with Crippen LogP contribution in [-0.2, 0) is 14.3 Å². The molecule has 0 fully saturated rings. The van der Waals surface area contributed by atoms with Crippen LogP contribution >= 0.6 is 11.6 Å². The number of ketones is 1. The fourth-order valence-corrected chi connectivity index (χ4v) is 2.55. The number of para-hydroxylation sites is 1. The maximum Gasteiger partial charge on any atom is 0.316 e. The molecular weight excluding hydrogens is 278 g/mol. The van der Waals surface area contributed by atoms with Gasteiger partial charge in [-0.15, -0.1) is 0 Å². The van der Waals surface area contributed by atoms with Gasteiger partial charge in [0.2, 0.25) is 0 Å². The molecule has 0 saturated carbocycles. The summed E-state index contributed by atoms with van der Waals surface area (Å²) < 4.78 is 4.67. The molecule has 1 aliphatic rings. The lowest BCUT2D eigenvalue weighted by molar-refractivity contribution is -0.150. The average Bonchev–Trinajstić information content (AvgIpc) is 2.40. The molecule has 0 aromatic heterocycles. The number of anilines is 1. The van der Waals surface area contributed by atoms with E-state index in [1.54, 1.807) is 6.07 Å². The number of benzene rings is 1. The highest BCUT2D eigenvalue weighted by Gasteiger charge is 2.35. The van der Waals surface area contributed by atoms with E-state index in [2.05, 4.69) is 10.1 Å². The van der Waals surface area contributed by atoms with Gasteiger partial charge >= 0.3 is 5.97 Å². The van der Waals surface area contributed by atoms with Crippen molar-refractivity contribution in [2.45, 2.75) is 13.3 Å². The third kappa shape index (κ3) is 3.02. The zero-order chi connectivity index (χ0) is 14.7. The topological polar surface area (TPSA) is 55.4 Å². The van der Waals surface area contributed by atoms with Gasteiger partial charge in [-0.3, -0.25) is 9.59 Å². The summed E-state index contributed by atoms with van der Waals surface area (Å²) in [4.78, 5) is 23.6. The molecule has 106 valence electrons. The zero-order valence-electron chi connectivity index (χ0n) is 11.4. The zero-order valence-corrected chi connectivity index (χ0v) is 12.1. The molecule has 5 heteroatoms. The molecule has 20 heavy (non-hydrogen) atoms. The van der Waals surface area contributed by atoms with E-state index in [1.165, 1.54) is 13.2 Å². The summed E-state index contributed by atoms with van der Waals surface area (Å²) in [6.07, 6.45) is 2.06. The first-order valence-corrected chi connectivity index (χ1v) is 6.74. The lowest BCUT2D eigenvalue weighted by Crippen LogP contribution is -2.34. The minimum atomic E-state index is -0.711. The summed E-state index contributed by atoms with van der Waals surface area (Å²) in [5.74, 6) is -1.53. The predicted molar refractivity (Wildman–Crippen MR) is 77.5 cm³/mol. The molecule has 1 N–H and O–H groups in total. The number of esters is 1. The summed E-state index contributed by atoms with van der Waals surface area (Å²) in [5, 5.41) is 3.73. The molecule has 0 radical (unpaired) electrons. The maximum absolute atomic E-state index is 12.0. The number of ether oxygens (including phenoxy) is 1. The van der Waals surface area contributed by atoms with Crippen LogP contribution in [0.4, 0.5) is 5.69 Å². The van der Waals surface area contributed by atoms with E-state index in [4.69, 9.17) is 11.6 Å². The van der Waals surface area contributed by atoms with Crippen molar-refractivity contribution in [3.63, 3.8) is 0 Å². The molecule has 0 spiro atoms. The van der Waals surface area contributed by atoms with Gasteiger partial charge in [-0.1, -0.05) is 30.7 Å². The van der Waals surface area contributed by atoms with Crippen molar-refractivity contribution in [1.82, 2.24) is 0 Å². The molecule has 1 aromatic rings. The normalized spacial score (nSPS) is 22.1. The van der Waals surface area contributed by atoms with E-state index in [1.807, 2.05) is 25.1 Å². The maximum atomic E-state index is 12.0. The quantitative estimate of drug-likeness (QED) is 0.687. The molecule has 4 nitrogen and oxygen atoms in total. The highest BCUT2D eigenvalue weighted by atomic mass is 35.5. The first-order chi connectivity index (χ1) is 9.52. The Hall–Kier alpha value is -1.81. The lowest BCUT2D eigenvalue weighted by atomic mass is 9.82. The monoisotopic (exact) mass is 293 g/mol. The molecule has 0 heterocycles. The summed E-state index contributed by atoms with van der Waals surface area (Å²) in [6, 6.07) is 7.31. The minimum Gasteiger partial charge on any atom is -0.468 e. The molecule has 1 aliphatic carbocycles. The molecule has 0 amide bonds. The molecule has 0 aliphatic heterocycles. The van der Waals surface area contributed by atoms with E-state index in [0.717, 1.165) is 11.4 Å². The van der Waals surface area contributed by atoms with Crippen LogP contribution < -0.4 is 5.32 Å². The van der Waals surface area contributed by atoms with E-state index in [0.29, 0.717) is 11.4 Å². The Labute approximate surface area is 122 Å². The number of hydrogen-bond acceptors (Lipinski definition) is 4. The molecule has 0 bridgehead atoms. The van der Waals surface area contributed by atoms with Crippen LogP contribution in [0.1, 0.15) is 13.3 Å². The smallest absolute Gasteiger partial charge is 0.316 e. The van der Waals surface area contributed by atoms with Crippen molar-refractivity contribution in [1.29, 1.82) is 0 Å². The van der Waals surface area contributed by atoms with Gasteiger partial charge in [0.25, 0.3) is 0 Å². The molecule has 2 atom stereocenters. The summed E-state index contributed by atoms with van der Waals surface area (Å²) >= 11 is 6.07. The van der Waals surface area contributed by atoms with Crippen LogP contribution in [0.25, 0.3) is 0 Å². The van der Waals surface area contributed by atoms with Gasteiger partial charge in [0.05, 0.1) is 17.8 Å². The average molecular weight is 294 g/mol. The Morgan fingerprint density at radius 2 is 2.10 bits per heavy atom. The first-order valence-electron chi connectivity index (χ1n) is 6.36. The van der Waals surface area contributed by atoms with Crippen molar-refractivity contribution >= 4 is 29.0 Å². The van der Waals surface area contributed by atoms with Gasteiger partial charge in [0, 0.05) is 11.8 Å². The molecule has 1 aromatic carbocycles. The predicted octanol–water partition coefficient (Wildman–Crippen LogP) is 3.03. The van der Waals surface area contributed by atoms with Crippen LogP contribution in [0, 0.1) is 11.8 Å². The largest absolute Gasteiger partial charge is 0.468 e. The standard InChI is InChI=1S/C15H16ClNO3/c1-9-7-10(8-13(18)14(9)15(19)20-2)17-12-6-4-3-5-11(12)16/h3-6,8-9,14,17H,7H2,1-2H3/t9-,14+/m1/s1. The number of carbonyl (C=O) groups is 2. The number of methoxy groups -OCH3 is 1. The molecule has 0 unspecified atom stereocenters. The second-order valence-corrected chi connectivity index (χ2v) is 5.27. The van der Waals surface area contributed by atoms with E-state index >= 15 is 0 Å². The van der Waals surface area contributed by atoms with Gasteiger partial charge in [0.1, 0.15) is 5.92 Å². The van der Waals surface area contributed by atoms with Crippen molar-refractivity contribution in [2.24, 2.45) is 11.8 Å². The third-order valence-electron chi connectivity index (χ3n) is 3.36. The lowest BCUT2D eigenvalue weighted by Gasteiger charge is -2.26. The van der Waals surface area contributed by atoms with E-state index < -0.39 is 11.9 Å². The van der Waals surface area contributed by atoms with Crippen LogP contribution in [-0.4, -0.2) is 18.9 Å². The van der Waals surface area contributed by atoms with Crippen molar-refractivity contribution in [3.8, 4) is 0 Å². The molecular formula is C15H16ClNO3. The number of halogens is 1. The number of carbonyl (C=O) groups excluding carboxylic acids is 2. The van der Waals surface area contributed by atoms with Crippen molar-refractivity contribution < 1.29 is 14.3 Å². The van der Waals surface area contributed by atoms with Crippen LogP contribution in [0.3, 0.4) is 0 Å². The number of hydrogen-bond donors (Lipinski definition) is 1. The summed E-state index contributed by atoms with van der Waals surface area (Å²) in [5.41, 5.74) is 1.51. The van der Waals surface area contributed by atoms with Gasteiger partial charge < -0.3 is 10.1 Å². The second-order valence-electron chi connectivity index (χ2n) is 4.86. The van der Waals surface area contributed by atoms with Crippen LogP contribution in [0.5, 0.6) is 0 Å². The number of allylic oxidation sites excluding steroid dienone is 2. The summed E-state index contributed by atoms with van der Waals surface area (Å²) in [6.45, 7) is 1.86. The first kappa shape index (κ1) is 14.6. The Morgan fingerprint density at radius 3 is 2.70 bits per heavy atom. The van der Waals surface area contributed by atoms with Gasteiger partial charge in [-0.05, 0) is 24.5 Å². The van der Waals surface area contributed by atoms with E-state index in [-0.39, 0.29) is 11.7 Å². The van der Waals surface area contributed by atoms with E-state index in [9.17, 15) is 9.59 Å².